The molecule has 2 aromatic heterocycles. The Bertz CT molecular complexity index is 1140. The number of pyridine rings is 1. The number of phenols is 1. The van der Waals surface area contributed by atoms with E-state index in [0.29, 0.717) is 16.9 Å². The number of hydrogen-bond donors (Lipinski definition) is 4. The molecule has 0 fully saturated rings. The fourth-order valence-electron chi connectivity index (χ4n) is 3.08. The van der Waals surface area contributed by atoms with Crippen LogP contribution in [0.5, 0.6) is 5.75 Å². The molecule has 2 aromatic carbocycles. The number of nitrogens with two attached hydrogens (primary N) is 1. The summed E-state index contributed by atoms with van der Waals surface area (Å²) in [6.07, 6.45) is 0. The average Bonchev–Trinajstić information content (AvgIpc) is 3.10. The number of aromatic nitrogens is 1. The predicted octanol–water partition coefficient (Wildman–Crippen LogP) is 3.96. The van der Waals surface area contributed by atoms with Gasteiger partial charge in [0.2, 0.25) is 0 Å². The zero-order valence-electron chi connectivity index (χ0n) is 13.6. The van der Waals surface area contributed by atoms with Crippen LogP contribution in [0, 0.1) is 6.92 Å². The molecule has 0 bridgehead atoms. The van der Waals surface area contributed by atoms with Crippen molar-refractivity contribution in [3.63, 3.8) is 0 Å². The van der Waals surface area contributed by atoms with E-state index in [1.54, 1.807) is 6.07 Å². The lowest BCUT2D eigenvalue weighted by atomic mass is 10.0. The average molecular weight is 351 g/mol. The summed E-state index contributed by atoms with van der Waals surface area (Å²) >= 11 is 1.39. The Morgan fingerprint density at radius 3 is 2.72 bits per heavy atom. The van der Waals surface area contributed by atoms with Crippen molar-refractivity contribution in [3.05, 3.63) is 63.3 Å². The van der Waals surface area contributed by atoms with Gasteiger partial charge in [0.25, 0.3) is 5.56 Å². The molecule has 0 aliphatic carbocycles. The topological polar surface area (TPSA) is 91.1 Å². The first-order valence-electron chi connectivity index (χ1n) is 7.90. The van der Waals surface area contributed by atoms with Crippen LogP contribution in [-0.2, 0) is 6.54 Å². The number of rotatable bonds is 3. The van der Waals surface area contributed by atoms with Gasteiger partial charge in [-0.1, -0.05) is 12.1 Å². The third kappa shape index (κ3) is 2.56. The third-order valence-electron chi connectivity index (χ3n) is 4.34. The molecule has 0 saturated heterocycles. The van der Waals surface area contributed by atoms with Gasteiger partial charge >= 0.3 is 0 Å². The summed E-state index contributed by atoms with van der Waals surface area (Å²) in [5, 5.41) is 17.4. The first kappa shape index (κ1) is 15.7. The maximum Gasteiger partial charge on any atom is 0.266 e. The van der Waals surface area contributed by atoms with E-state index in [2.05, 4.69) is 10.3 Å². The molecule has 5 nitrogen and oxygen atoms in total. The van der Waals surface area contributed by atoms with Crippen molar-refractivity contribution in [2.75, 3.05) is 5.32 Å². The highest BCUT2D eigenvalue weighted by Crippen LogP contribution is 2.40. The fraction of sp³-hybridized carbons (Fsp3) is 0.105. The molecule has 4 rings (SSSR count). The lowest BCUT2D eigenvalue weighted by Crippen LogP contribution is -2.06. The maximum atomic E-state index is 12.3. The van der Waals surface area contributed by atoms with Crippen molar-refractivity contribution in [2.45, 2.75) is 13.5 Å². The minimum Gasteiger partial charge on any atom is -0.506 e. The Hall–Kier alpha value is -2.83. The lowest BCUT2D eigenvalue weighted by molar-refractivity contribution is 0.478. The van der Waals surface area contributed by atoms with Gasteiger partial charge in [-0.2, -0.15) is 0 Å². The number of fused-ring (bicyclic) bond motifs is 3. The number of aromatic amines is 1. The van der Waals surface area contributed by atoms with E-state index in [1.165, 1.54) is 11.3 Å². The number of H-pyrrole nitrogens is 1. The molecule has 2 heterocycles. The highest BCUT2D eigenvalue weighted by atomic mass is 32.1. The number of aromatic hydroxyl groups is 1. The Balaban J connectivity index is 1.98. The van der Waals surface area contributed by atoms with Crippen molar-refractivity contribution in [1.29, 1.82) is 0 Å². The van der Waals surface area contributed by atoms with Gasteiger partial charge in [0.15, 0.2) is 0 Å². The van der Waals surface area contributed by atoms with Crippen molar-refractivity contribution in [3.8, 4) is 5.75 Å². The predicted molar refractivity (Wildman–Crippen MR) is 104 cm³/mol. The molecule has 25 heavy (non-hydrogen) atoms. The molecule has 6 heteroatoms. The number of thiophene rings is 1. The molecule has 4 aromatic rings. The van der Waals surface area contributed by atoms with Crippen LogP contribution < -0.4 is 16.6 Å². The molecular weight excluding hydrogens is 334 g/mol. The lowest BCUT2D eigenvalue weighted by Gasteiger charge is -2.15. The Morgan fingerprint density at radius 2 is 2.00 bits per heavy atom. The van der Waals surface area contributed by atoms with Gasteiger partial charge in [0.05, 0.1) is 11.2 Å². The Labute approximate surface area is 147 Å². The Kier molecular flexibility index (Phi) is 3.71. The minimum absolute atomic E-state index is 0.107. The highest BCUT2D eigenvalue weighted by Gasteiger charge is 2.16. The van der Waals surface area contributed by atoms with Crippen molar-refractivity contribution >= 4 is 43.7 Å². The quantitative estimate of drug-likeness (QED) is 0.421. The molecule has 126 valence electrons. The number of nitrogens with one attached hydrogen (secondary N) is 2. The molecule has 0 saturated carbocycles. The number of hydrogen-bond acceptors (Lipinski definition) is 5. The van der Waals surface area contributed by atoms with Crippen molar-refractivity contribution in [1.82, 2.24) is 4.98 Å². The summed E-state index contributed by atoms with van der Waals surface area (Å²) in [5.41, 5.74) is 9.54. The van der Waals surface area contributed by atoms with Crippen LogP contribution in [0.3, 0.4) is 0 Å². The zero-order chi connectivity index (χ0) is 17.6. The van der Waals surface area contributed by atoms with E-state index in [1.807, 2.05) is 42.6 Å². The van der Waals surface area contributed by atoms with Crippen LogP contribution >= 0.6 is 11.3 Å². The summed E-state index contributed by atoms with van der Waals surface area (Å²) in [6.45, 7) is 2.35. The molecular formula is C19H17N3O2S. The van der Waals surface area contributed by atoms with E-state index in [0.717, 1.165) is 33.1 Å². The molecule has 5 N–H and O–H groups in total. The van der Waals surface area contributed by atoms with Gasteiger partial charge in [0.1, 0.15) is 10.4 Å². The van der Waals surface area contributed by atoms with Gasteiger partial charge in [-0.15, -0.1) is 11.3 Å². The van der Waals surface area contributed by atoms with Crippen molar-refractivity contribution in [2.24, 2.45) is 5.73 Å². The van der Waals surface area contributed by atoms with E-state index < -0.39 is 0 Å². The number of anilines is 2. The van der Waals surface area contributed by atoms with Crippen LogP contribution in [0.2, 0.25) is 0 Å². The Morgan fingerprint density at radius 1 is 1.24 bits per heavy atom. The summed E-state index contributed by atoms with van der Waals surface area (Å²) in [5.74, 6) is 0.146. The first-order chi connectivity index (χ1) is 12.1. The maximum absolute atomic E-state index is 12.3. The van der Waals surface area contributed by atoms with Crippen LogP contribution in [0.15, 0.2) is 46.6 Å². The number of benzene rings is 2. The van der Waals surface area contributed by atoms with Gasteiger partial charge in [-0.25, -0.2) is 0 Å². The van der Waals surface area contributed by atoms with E-state index in [4.69, 9.17) is 5.73 Å². The fourth-order valence-corrected chi connectivity index (χ4v) is 3.87. The second-order valence-electron chi connectivity index (χ2n) is 5.98. The van der Waals surface area contributed by atoms with Gasteiger partial charge in [-0.3, -0.25) is 4.79 Å². The van der Waals surface area contributed by atoms with Crippen LogP contribution in [0.1, 0.15) is 11.1 Å². The monoisotopic (exact) mass is 351 g/mol. The number of aryl methyl sites for hydroxylation is 1. The summed E-state index contributed by atoms with van der Waals surface area (Å²) < 4.78 is 0.652. The largest absolute Gasteiger partial charge is 0.506 e. The SMILES string of the molecule is Cc1cc(O)c(Nc2ccc(CN)cc2)c2c1[nH]c(=O)c1sccc12. The van der Waals surface area contributed by atoms with Gasteiger partial charge in [0, 0.05) is 23.0 Å². The molecule has 0 radical (unpaired) electrons. The molecule has 0 atom stereocenters. The van der Waals surface area contributed by atoms with Crippen LogP contribution in [-0.4, -0.2) is 10.1 Å². The summed E-state index contributed by atoms with van der Waals surface area (Å²) in [6, 6.07) is 11.3. The molecule has 0 spiro atoms. The van der Waals surface area contributed by atoms with Gasteiger partial charge in [-0.05, 0) is 47.7 Å². The van der Waals surface area contributed by atoms with Crippen LogP contribution in [0.25, 0.3) is 21.0 Å². The number of phenolic OH excluding ortho intramolecular Hbond substituents is 1. The van der Waals surface area contributed by atoms with E-state index in [-0.39, 0.29) is 11.3 Å². The second-order valence-corrected chi connectivity index (χ2v) is 6.90. The smallest absolute Gasteiger partial charge is 0.266 e. The first-order valence-corrected chi connectivity index (χ1v) is 8.78. The molecule has 0 aliphatic rings. The minimum atomic E-state index is -0.107. The summed E-state index contributed by atoms with van der Waals surface area (Å²) in [7, 11) is 0. The second kappa shape index (κ2) is 5.91. The molecule has 0 aliphatic heterocycles. The molecule has 0 unspecified atom stereocenters. The van der Waals surface area contributed by atoms with E-state index in [9.17, 15) is 9.90 Å². The zero-order valence-corrected chi connectivity index (χ0v) is 14.4. The standard InChI is InChI=1S/C19H17N3O2S/c1-10-8-14(23)17(21-12-4-2-11(9-20)3-5-12)15-13-6-7-25-18(13)19(24)22-16(10)15/h2-8,21,23H,9,20H2,1H3,(H,22,24). The van der Waals surface area contributed by atoms with Crippen LogP contribution in [0.4, 0.5) is 11.4 Å². The summed E-state index contributed by atoms with van der Waals surface area (Å²) in [4.78, 5) is 15.2. The van der Waals surface area contributed by atoms with Gasteiger partial charge < -0.3 is 21.1 Å². The molecule has 0 amide bonds. The highest BCUT2D eigenvalue weighted by molar-refractivity contribution is 7.17. The normalized spacial score (nSPS) is 11.3. The third-order valence-corrected chi connectivity index (χ3v) is 5.26. The van der Waals surface area contributed by atoms with E-state index >= 15 is 0 Å². The van der Waals surface area contributed by atoms with Crippen molar-refractivity contribution < 1.29 is 5.11 Å².